The summed E-state index contributed by atoms with van der Waals surface area (Å²) in [6, 6.07) is 5.47. The molecule has 1 aromatic heterocycles. The van der Waals surface area contributed by atoms with Gasteiger partial charge in [-0.15, -0.1) is 0 Å². The molecule has 0 saturated heterocycles. The van der Waals surface area contributed by atoms with Crippen molar-refractivity contribution in [1.82, 2.24) is 9.78 Å². The summed E-state index contributed by atoms with van der Waals surface area (Å²) >= 11 is 3.38. The first-order valence-electron chi connectivity index (χ1n) is 6.05. The molecule has 5 heteroatoms. The number of rotatable bonds is 3. The standard InChI is InChI=1S/C14H16BrN3O/c1-8(2)18-13(11(15)7-17-18)14(19)10-5-4-9(3)12(16)6-10/h4-8H,16H2,1-3H3. The molecule has 0 unspecified atom stereocenters. The number of nitrogens with zero attached hydrogens (tertiary/aromatic N) is 2. The van der Waals surface area contributed by atoms with Gasteiger partial charge in [-0.1, -0.05) is 12.1 Å². The van der Waals surface area contributed by atoms with Gasteiger partial charge < -0.3 is 5.73 Å². The van der Waals surface area contributed by atoms with Gasteiger partial charge in [0.2, 0.25) is 5.78 Å². The highest BCUT2D eigenvalue weighted by Crippen LogP contribution is 2.24. The van der Waals surface area contributed by atoms with Gasteiger partial charge in [0.15, 0.2) is 0 Å². The van der Waals surface area contributed by atoms with E-state index in [1.165, 1.54) is 0 Å². The van der Waals surface area contributed by atoms with Crippen molar-refractivity contribution in [2.45, 2.75) is 26.8 Å². The predicted octanol–water partition coefficient (Wildman–Crippen LogP) is 3.35. The minimum Gasteiger partial charge on any atom is -0.398 e. The van der Waals surface area contributed by atoms with Gasteiger partial charge in [-0.3, -0.25) is 9.48 Å². The lowest BCUT2D eigenvalue weighted by Crippen LogP contribution is -2.14. The Balaban J connectivity index is 2.49. The molecule has 1 aromatic carbocycles. The van der Waals surface area contributed by atoms with Crippen molar-refractivity contribution in [2.75, 3.05) is 5.73 Å². The molecule has 2 rings (SSSR count). The molecule has 0 saturated carbocycles. The maximum atomic E-state index is 12.6. The topological polar surface area (TPSA) is 60.9 Å². The van der Waals surface area contributed by atoms with Crippen molar-refractivity contribution >= 4 is 27.4 Å². The first kappa shape index (κ1) is 13.8. The highest BCUT2D eigenvalue weighted by Gasteiger charge is 2.20. The molecule has 2 aromatic rings. The number of halogens is 1. The number of anilines is 1. The van der Waals surface area contributed by atoms with E-state index >= 15 is 0 Å². The second kappa shape index (κ2) is 5.17. The van der Waals surface area contributed by atoms with Crippen LogP contribution in [0.5, 0.6) is 0 Å². The smallest absolute Gasteiger partial charge is 0.212 e. The summed E-state index contributed by atoms with van der Waals surface area (Å²) in [4.78, 5) is 12.6. The minimum absolute atomic E-state index is 0.0789. The first-order valence-corrected chi connectivity index (χ1v) is 6.85. The van der Waals surface area contributed by atoms with Gasteiger partial charge in [0, 0.05) is 17.3 Å². The van der Waals surface area contributed by atoms with Gasteiger partial charge in [0.25, 0.3) is 0 Å². The van der Waals surface area contributed by atoms with Gasteiger partial charge in [-0.05, 0) is 48.3 Å². The van der Waals surface area contributed by atoms with Crippen molar-refractivity contribution in [3.05, 3.63) is 45.7 Å². The quantitative estimate of drug-likeness (QED) is 0.696. The van der Waals surface area contributed by atoms with E-state index in [2.05, 4.69) is 21.0 Å². The third-order valence-electron chi connectivity index (χ3n) is 3.00. The second-order valence-corrected chi connectivity index (χ2v) is 5.63. The zero-order valence-electron chi connectivity index (χ0n) is 11.1. The van der Waals surface area contributed by atoms with Crippen molar-refractivity contribution in [3.63, 3.8) is 0 Å². The summed E-state index contributed by atoms with van der Waals surface area (Å²) < 4.78 is 2.41. The molecule has 0 atom stereocenters. The van der Waals surface area contributed by atoms with Crippen LogP contribution in [0.1, 0.15) is 41.5 Å². The lowest BCUT2D eigenvalue weighted by molar-refractivity contribution is 0.102. The van der Waals surface area contributed by atoms with Gasteiger partial charge >= 0.3 is 0 Å². The molecular formula is C14H16BrN3O. The van der Waals surface area contributed by atoms with E-state index in [1.54, 1.807) is 23.0 Å². The Morgan fingerprint density at radius 3 is 2.68 bits per heavy atom. The number of aromatic nitrogens is 2. The molecule has 4 nitrogen and oxygen atoms in total. The Kier molecular flexibility index (Phi) is 3.75. The first-order chi connectivity index (χ1) is 8.91. The zero-order chi connectivity index (χ0) is 14.2. The number of ketones is 1. The SMILES string of the molecule is Cc1ccc(C(=O)c2c(Br)cnn2C(C)C)cc1N. The summed E-state index contributed by atoms with van der Waals surface area (Å²) in [5.41, 5.74) is 8.58. The van der Waals surface area contributed by atoms with Gasteiger partial charge in [-0.25, -0.2) is 0 Å². The van der Waals surface area contributed by atoms with Gasteiger partial charge in [0.05, 0.1) is 10.7 Å². The van der Waals surface area contributed by atoms with Crippen LogP contribution >= 0.6 is 15.9 Å². The number of nitrogen functional groups attached to an aromatic ring is 1. The van der Waals surface area contributed by atoms with Crippen molar-refractivity contribution < 1.29 is 4.79 Å². The lowest BCUT2D eigenvalue weighted by atomic mass is 10.0. The molecule has 0 aliphatic heterocycles. The molecule has 100 valence electrons. The normalized spacial score (nSPS) is 11.0. The van der Waals surface area contributed by atoms with Crippen LogP contribution in [0.25, 0.3) is 0 Å². The third kappa shape index (κ3) is 2.56. The van der Waals surface area contributed by atoms with Crippen molar-refractivity contribution in [2.24, 2.45) is 0 Å². The lowest BCUT2D eigenvalue weighted by Gasteiger charge is -2.11. The van der Waals surface area contributed by atoms with Crippen LogP contribution < -0.4 is 5.73 Å². The number of aryl methyl sites for hydroxylation is 1. The Bertz CT molecular complexity index is 632. The fourth-order valence-corrected chi connectivity index (χ4v) is 2.32. The maximum Gasteiger partial charge on any atom is 0.212 e. The van der Waals surface area contributed by atoms with Crippen molar-refractivity contribution in [1.29, 1.82) is 0 Å². The fourth-order valence-electron chi connectivity index (χ4n) is 1.86. The summed E-state index contributed by atoms with van der Waals surface area (Å²) in [6.07, 6.45) is 1.64. The number of carbonyl (C=O) groups is 1. The van der Waals surface area contributed by atoms with E-state index in [4.69, 9.17) is 5.73 Å². The van der Waals surface area contributed by atoms with E-state index in [0.29, 0.717) is 21.4 Å². The Morgan fingerprint density at radius 1 is 1.42 bits per heavy atom. The molecule has 0 fully saturated rings. The highest BCUT2D eigenvalue weighted by atomic mass is 79.9. The van der Waals surface area contributed by atoms with Crippen LogP contribution in [0, 0.1) is 6.92 Å². The van der Waals surface area contributed by atoms with Crippen LogP contribution in [0.15, 0.2) is 28.9 Å². The molecule has 0 aliphatic carbocycles. The summed E-state index contributed by atoms with van der Waals surface area (Å²) in [7, 11) is 0. The molecular weight excluding hydrogens is 306 g/mol. The van der Waals surface area contributed by atoms with E-state index < -0.39 is 0 Å². The molecule has 0 bridgehead atoms. The summed E-state index contributed by atoms with van der Waals surface area (Å²) in [5, 5.41) is 4.22. The monoisotopic (exact) mass is 321 g/mol. The van der Waals surface area contributed by atoms with Crippen molar-refractivity contribution in [3.8, 4) is 0 Å². The number of hydrogen-bond donors (Lipinski definition) is 1. The molecule has 0 aliphatic rings. The third-order valence-corrected chi connectivity index (χ3v) is 3.58. The predicted molar refractivity (Wildman–Crippen MR) is 79.3 cm³/mol. The largest absolute Gasteiger partial charge is 0.398 e. The maximum absolute atomic E-state index is 12.6. The van der Waals surface area contributed by atoms with Crippen LogP contribution in [0.2, 0.25) is 0 Å². The van der Waals surface area contributed by atoms with Gasteiger partial charge in [0.1, 0.15) is 5.69 Å². The summed E-state index contributed by atoms with van der Waals surface area (Å²) in [6.45, 7) is 5.89. The summed E-state index contributed by atoms with van der Waals surface area (Å²) in [5.74, 6) is -0.0789. The van der Waals surface area contributed by atoms with E-state index in [0.717, 1.165) is 5.56 Å². The molecule has 0 amide bonds. The number of carbonyl (C=O) groups excluding carboxylic acids is 1. The molecule has 0 radical (unpaired) electrons. The number of hydrogen-bond acceptors (Lipinski definition) is 3. The minimum atomic E-state index is -0.0789. The average molecular weight is 322 g/mol. The van der Waals surface area contributed by atoms with Crippen LogP contribution in [-0.2, 0) is 0 Å². The van der Waals surface area contributed by atoms with Crippen LogP contribution in [0.4, 0.5) is 5.69 Å². The Morgan fingerprint density at radius 2 is 2.11 bits per heavy atom. The molecule has 0 spiro atoms. The second-order valence-electron chi connectivity index (χ2n) is 4.78. The molecule has 19 heavy (non-hydrogen) atoms. The van der Waals surface area contributed by atoms with Gasteiger partial charge in [-0.2, -0.15) is 5.10 Å². The number of nitrogens with two attached hydrogens (primary N) is 1. The molecule has 2 N–H and O–H groups in total. The van der Waals surface area contributed by atoms with E-state index in [9.17, 15) is 4.79 Å². The average Bonchev–Trinajstić information content (AvgIpc) is 2.74. The molecule has 1 heterocycles. The Hall–Kier alpha value is -1.62. The highest BCUT2D eigenvalue weighted by molar-refractivity contribution is 9.10. The Labute approximate surface area is 120 Å². The number of benzene rings is 1. The zero-order valence-corrected chi connectivity index (χ0v) is 12.7. The van der Waals surface area contributed by atoms with Crippen LogP contribution in [-0.4, -0.2) is 15.6 Å². The van der Waals surface area contributed by atoms with Crippen LogP contribution in [0.3, 0.4) is 0 Å². The fraction of sp³-hybridized carbons (Fsp3) is 0.286. The van der Waals surface area contributed by atoms with E-state index in [1.807, 2.05) is 26.8 Å². The van der Waals surface area contributed by atoms with E-state index in [-0.39, 0.29) is 11.8 Å².